The van der Waals surface area contributed by atoms with Crippen LogP contribution in [0.15, 0.2) is 18.2 Å². The highest BCUT2D eigenvalue weighted by atomic mass is 35.5. The fourth-order valence-electron chi connectivity index (χ4n) is 2.44. The molecular weight excluding hydrogens is 250 g/mol. The first-order valence-electron chi connectivity index (χ1n) is 6.11. The number of aliphatic carboxylic acids is 1. The number of carboxylic acids is 1. The van der Waals surface area contributed by atoms with Crippen molar-refractivity contribution in [3.63, 3.8) is 0 Å². The summed E-state index contributed by atoms with van der Waals surface area (Å²) >= 11 is 5.93. The second-order valence-electron chi connectivity index (χ2n) is 5.40. The first kappa shape index (κ1) is 13.4. The van der Waals surface area contributed by atoms with Gasteiger partial charge in [0.05, 0.1) is 5.41 Å². The standard InChI is InChI=1S/C14H18ClNO2/c1-10-7-12(15)4-3-11(10)8-16-6-5-14(2,9-16)13(17)18/h3-4,7H,5-6,8-9H2,1-2H3,(H,17,18). The highest BCUT2D eigenvalue weighted by Crippen LogP contribution is 2.31. The Morgan fingerprint density at radius 1 is 1.56 bits per heavy atom. The lowest BCUT2D eigenvalue weighted by molar-refractivity contribution is -0.147. The van der Waals surface area contributed by atoms with Gasteiger partial charge in [-0.1, -0.05) is 17.7 Å². The molecule has 98 valence electrons. The molecule has 1 saturated heterocycles. The van der Waals surface area contributed by atoms with Gasteiger partial charge in [-0.25, -0.2) is 0 Å². The summed E-state index contributed by atoms with van der Waals surface area (Å²) in [6.45, 7) is 6.11. The number of hydrogen-bond acceptors (Lipinski definition) is 2. The summed E-state index contributed by atoms with van der Waals surface area (Å²) in [6, 6.07) is 5.85. The molecule has 0 bridgehead atoms. The van der Waals surface area contributed by atoms with E-state index in [2.05, 4.69) is 4.90 Å². The van der Waals surface area contributed by atoms with E-state index in [1.807, 2.05) is 32.0 Å². The van der Waals surface area contributed by atoms with Crippen molar-refractivity contribution in [1.82, 2.24) is 4.90 Å². The molecule has 1 fully saturated rings. The fraction of sp³-hybridized carbons (Fsp3) is 0.500. The van der Waals surface area contributed by atoms with Crippen LogP contribution in [0, 0.1) is 12.3 Å². The highest BCUT2D eigenvalue weighted by molar-refractivity contribution is 6.30. The number of aryl methyl sites for hydroxylation is 1. The van der Waals surface area contributed by atoms with Crippen molar-refractivity contribution < 1.29 is 9.90 Å². The lowest BCUT2D eigenvalue weighted by atomic mass is 9.90. The Hall–Kier alpha value is -1.06. The molecule has 0 amide bonds. The first-order chi connectivity index (χ1) is 8.40. The zero-order valence-corrected chi connectivity index (χ0v) is 11.5. The maximum Gasteiger partial charge on any atom is 0.310 e. The normalized spacial score (nSPS) is 24.4. The Morgan fingerprint density at radius 3 is 2.83 bits per heavy atom. The number of rotatable bonds is 3. The summed E-state index contributed by atoms with van der Waals surface area (Å²) < 4.78 is 0. The SMILES string of the molecule is Cc1cc(Cl)ccc1CN1CCC(C)(C(=O)O)C1. The molecule has 0 aliphatic carbocycles. The molecule has 1 aliphatic rings. The largest absolute Gasteiger partial charge is 0.481 e. The molecule has 1 aromatic rings. The van der Waals surface area contributed by atoms with E-state index >= 15 is 0 Å². The predicted molar refractivity (Wildman–Crippen MR) is 71.8 cm³/mol. The molecule has 0 saturated carbocycles. The zero-order chi connectivity index (χ0) is 13.3. The average Bonchev–Trinajstić information content (AvgIpc) is 2.66. The Labute approximate surface area is 112 Å². The van der Waals surface area contributed by atoms with Crippen LogP contribution >= 0.6 is 11.6 Å². The minimum atomic E-state index is -0.696. The summed E-state index contributed by atoms with van der Waals surface area (Å²) in [5, 5.41) is 9.95. The van der Waals surface area contributed by atoms with Crippen LogP contribution in [-0.4, -0.2) is 29.1 Å². The van der Waals surface area contributed by atoms with Crippen LogP contribution in [0.3, 0.4) is 0 Å². The molecule has 1 atom stereocenters. The van der Waals surface area contributed by atoms with Crippen LogP contribution in [0.1, 0.15) is 24.5 Å². The van der Waals surface area contributed by atoms with Crippen LogP contribution < -0.4 is 0 Å². The molecule has 1 aromatic carbocycles. The summed E-state index contributed by atoms with van der Waals surface area (Å²) in [4.78, 5) is 13.4. The molecule has 0 aromatic heterocycles. The van der Waals surface area contributed by atoms with Gasteiger partial charge in [0.25, 0.3) is 0 Å². The summed E-state index contributed by atoms with van der Waals surface area (Å²) in [6.07, 6.45) is 0.717. The van der Waals surface area contributed by atoms with E-state index in [-0.39, 0.29) is 0 Å². The molecule has 2 rings (SSSR count). The third kappa shape index (κ3) is 2.68. The van der Waals surface area contributed by atoms with Crippen molar-refractivity contribution in [3.05, 3.63) is 34.3 Å². The fourth-order valence-corrected chi connectivity index (χ4v) is 2.67. The third-order valence-electron chi connectivity index (χ3n) is 3.77. The zero-order valence-electron chi connectivity index (χ0n) is 10.7. The first-order valence-corrected chi connectivity index (χ1v) is 6.49. The van der Waals surface area contributed by atoms with Crippen molar-refractivity contribution >= 4 is 17.6 Å². The molecule has 18 heavy (non-hydrogen) atoms. The van der Waals surface area contributed by atoms with Crippen LogP contribution in [0.25, 0.3) is 0 Å². The monoisotopic (exact) mass is 267 g/mol. The molecule has 0 spiro atoms. The molecule has 1 aliphatic heterocycles. The second kappa shape index (κ2) is 4.90. The van der Waals surface area contributed by atoms with E-state index in [4.69, 9.17) is 11.6 Å². The molecule has 1 heterocycles. The summed E-state index contributed by atoms with van der Waals surface area (Å²) in [5.41, 5.74) is 1.78. The Bertz CT molecular complexity index is 475. The maximum atomic E-state index is 11.2. The molecule has 1 N–H and O–H groups in total. The van der Waals surface area contributed by atoms with Gasteiger partial charge in [-0.15, -0.1) is 0 Å². The molecule has 4 heteroatoms. The minimum absolute atomic E-state index is 0.597. The summed E-state index contributed by atoms with van der Waals surface area (Å²) in [5.74, 6) is -0.696. The number of carbonyl (C=O) groups is 1. The van der Waals surface area contributed by atoms with Crippen molar-refractivity contribution in [2.45, 2.75) is 26.8 Å². The Morgan fingerprint density at radius 2 is 2.28 bits per heavy atom. The van der Waals surface area contributed by atoms with Gasteiger partial charge in [0.1, 0.15) is 0 Å². The minimum Gasteiger partial charge on any atom is -0.481 e. The number of halogens is 1. The van der Waals surface area contributed by atoms with Crippen LogP contribution in [0.5, 0.6) is 0 Å². The van der Waals surface area contributed by atoms with Crippen LogP contribution in [0.4, 0.5) is 0 Å². The summed E-state index contributed by atoms with van der Waals surface area (Å²) in [7, 11) is 0. The lowest BCUT2D eigenvalue weighted by Crippen LogP contribution is -2.31. The van der Waals surface area contributed by atoms with Crippen LogP contribution in [-0.2, 0) is 11.3 Å². The number of likely N-dealkylation sites (tertiary alicyclic amines) is 1. The predicted octanol–water partition coefficient (Wildman–Crippen LogP) is 2.95. The Kier molecular flexibility index (Phi) is 3.64. The quantitative estimate of drug-likeness (QED) is 0.915. The average molecular weight is 268 g/mol. The van der Waals surface area contributed by atoms with Crippen LogP contribution in [0.2, 0.25) is 5.02 Å². The van der Waals surface area contributed by atoms with E-state index in [9.17, 15) is 9.90 Å². The topological polar surface area (TPSA) is 40.5 Å². The third-order valence-corrected chi connectivity index (χ3v) is 4.00. The van der Waals surface area contributed by atoms with Gasteiger partial charge in [-0.2, -0.15) is 0 Å². The molecule has 3 nitrogen and oxygen atoms in total. The Balaban J connectivity index is 2.06. The highest BCUT2D eigenvalue weighted by Gasteiger charge is 2.40. The second-order valence-corrected chi connectivity index (χ2v) is 5.83. The van der Waals surface area contributed by atoms with Gasteiger partial charge in [-0.05, 0) is 50.1 Å². The van der Waals surface area contributed by atoms with Crippen molar-refractivity contribution in [2.24, 2.45) is 5.41 Å². The molecular formula is C14H18ClNO2. The molecule has 0 radical (unpaired) electrons. The number of hydrogen-bond donors (Lipinski definition) is 1. The van der Waals surface area contributed by atoms with Gasteiger partial charge in [0.15, 0.2) is 0 Å². The van der Waals surface area contributed by atoms with Crippen molar-refractivity contribution in [2.75, 3.05) is 13.1 Å². The molecule has 1 unspecified atom stereocenters. The van der Waals surface area contributed by atoms with Crippen molar-refractivity contribution in [3.8, 4) is 0 Å². The van der Waals surface area contributed by atoms with Gasteiger partial charge < -0.3 is 5.11 Å². The van der Waals surface area contributed by atoms with Gasteiger partial charge in [0, 0.05) is 18.1 Å². The van der Waals surface area contributed by atoms with Crippen molar-refractivity contribution in [1.29, 1.82) is 0 Å². The van der Waals surface area contributed by atoms with E-state index in [0.29, 0.717) is 6.54 Å². The number of carboxylic acid groups (broad SMARTS) is 1. The van der Waals surface area contributed by atoms with Gasteiger partial charge in [0.2, 0.25) is 0 Å². The van der Waals surface area contributed by atoms with E-state index in [0.717, 1.165) is 30.1 Å². The smallest absolute Gasteiger partial charge is 0.310 e. The number of nitrogens with zero attached hydrogens (tertiary/aromatic N) is 1. The van der Waals surface area contributed by atoms with E-state index < -0.39 is 11.4 Å². The van der Waals surface area contributed by atoms with E-state index in [1.165, 1.54) is 5.56 Å². The van der Waals surface area contributed by atoms with Gasteiger partial charge in [-0.3, -0.25) is 9.69 Å². The maximum absolute atomic E-state index is 11.2. The van der Waals surface area contributed by atoms with E-state index in [1.54, 1.807) is 0 Å². The van der Waals surface area contributed by atoms with Gasteiger partial charge >= 0.3 is 5.97 Å². The number of benzene rings is 1. The lowest BCUT2D eigenvalue weighted by Gasteiger charge is -2.20.